The van der Waals surface area contributed by atoms with Crippen molar-refractivity contribution in [2.75, 3.05) is 17.8 Å². The monoisotopic (exact) mass is 165 g/mol. The molecule has 66 valence electrons. The zero-order valence-corrected chi connectivity index (χ0v) is 7.28. The molecule has 12 heavy (non-hydrogen) atoms. The van der Waals surface area contributed by atoms with Crippen molar-refractivity contribution >= 4 is 11.4 Å². The van der Waals surface area contributed by atoms with Gasteiger partial charge in [0.25, 0.3) is 0 Å². The van der Waals surface area contributed by atoms with Crippen molar-refractivity contribution in [2.24, 2.45) is 5.84 Å². The Hall–Kier alpha value is -1.26. The molecular formula is C8H13N4-. The van der Waals surface area contributed by atoms with Crippen LogP contribution in [0.15, 0.2) is 18.2 Å². The second-order valence-electron chi connectivity index (χ2n) is 2.70. The molecule has 0 heterocycles. The third-order valence-electron chi connectivity index (χ3n) is 1.71. The summed E-state index contributed by atoms with van der Waals surface area (Å²) in [6.45, 7) is 1.99. The van der Waals surface area contributed by atoms with E-state index in [1.807, 2.05) is 25.1 Å². The molecule has 1 aromatic carbocycles. The maximum absolute atomic E-state index is 5.71. The minimum Gasteiger partial charge on any atom is -0.507 e. The zero-order valence-electron chi connectivity index (χ0n) is 7.28. The average Bonchev–Trinajstić information content (AvgIpc) is 2.08. The van der Waals surface area contributed by atoms with Gasteiger partial charge in [-0.25, -0.2) is 0 Å². The minimum atomic E-state index is 0.678. The summed E-state index contributed by atoms with van der Waals surface area (Å²) < 4.78 is 0. The van der Waals surface area contributed by atoms with E-state index in [0.717, 1.165) is 11.3 Å². The molecular weight excluding hydrogens is 152 g/mol. The second kappa shape index (κ2) is 3.42. The number of nitrogen functional groups attached to an aromatic ring is 1. The third kappa shape index (κ3) is 1.66. The molecule has 0 atom stereocenters. The fraction of sp³-hybridized carbons (Fsp3) is 0.250. The topological polar surface area (TPSA) is 69.4 Å². The Labute approximate surface area is 72.1 Å². The predicted octanol–water partition coefficient (Wildman–Crippen LogP) is 1.18. The lowest BCUT2D eigenvalue weighted by atomic mass is 10.2. The number of nitrogens with two attached hydrogens (primary N) is 2. The highest BCUT2D eigenvalue weighted by Gasteiger charge is 1.97. The number of hydrogen-bond acceptors (Lipinski definition) is 3. The van der Waals surface area contributed by atoms with Gasteiger partial charge in [-0.15, -0.1) is 0 Å². The third-order valence-corrected chi connectivity index (χ3v) is 1.71. The van der Waals surface area contributed by atoms with E-state index in [9.17, 15) is 0 Å². The number of anilines is 2. The number of hydrogen-bond donors (Lipinski definition) is 2. The molecule has 0 aliphatic rings. The van der Waals surface area contributed by atoms with Crippen molar-refractivity contribution in [1.29, 1.82) is 0 Å². The van der Waals surface area contributed by atoms with Gasteiger partial charge in [0.05, 0.1) is 5.69 Å². The Kier molecular flexibility index (Phi) is 2.52. The summed E-state index contributed by atoms with van der Waals surface area (Å²) in [4.78, 5) is 0. The van der Waals surface area contributed by atoms with E-state index in [2.05, 4.69) is 5.53 Å². The van der Waals surface area contributed by atoms with Crippen LogP contribution in [0.25, 0.3) is 5.53 Å². The van der Waals surface area contributed by atoms with Gasteiger partial charge in [-0.1, -0.05) is 6.07 Å². The van der Waals surface area contributed by atoms with Crippen molar-refractivity contribution in [3.63, 3.8) is 0 Å². The van der Waals surface area contributed by atoms with E-state index in [1.54, 1.807) is 12.1 Å². The number of nitrogens with zero attached hydrogens (tertiary/aromatic N) is 2. The van der Waals surface area contributed by atoms with Crippen LogP contribution in [0.3, 0.4) is 0 Å². The SMILES string of the molecule is Cc1ccc(N)c(N(C)[N-]N)c1. The fourth-order valence-electron chi connectivity index (χ4n) is 0.996. The van der Waals surface area contributed by atoms with Gasteiger partial charge in [0, 0.05) is 5.69 Å². The van der Waals surface area contributed by atoms with Gasteiger partial charge in [0.1, 0.15) is 0 Å². The molecule has 0 aromatic heterocycles. The number of aryl methyl sites for hydroxylation is 1. The molecule has 0 aliphatic carbocycles. The van der Waals surface area contributed by atoms with E-state index in [1.165, 1.54) is 0 Å². The Morgan fingerprint density at radius 3 is 2.67 bits per heavy atom. The highest BCUT2D eigenvalue weighted by Crippen LogP contribution is 2.23. The van der Waals surface area contributed by atoms with Crippen molar-refractivity contribution < 1.29 is 0 Å². The van der Waals surface area contributed by atoms with Crippen LogP contribution in [0.2, 0.25) is 0 Å². The molecule has 0 fully saturated rings. The molecule has 0 amide bonds. The van der Waals surface area contributed by atoms with Crippen LogP contribution in [0, 0.1) is 6.92 Å². The molecule has 1 rings (SSSR count). The molecule has 0 saturated heterocycles. The Balaban J connectivity index is 3.04. The summed E-state index contributed by atoms with van der Waals surface area (Å²) in [6.07, 6.45) is 0. The van der Waals surface area contributed by atoms with Gasteiger partial charge < -0.3 is 22.1 Å². The van der Waals surface area contributed by atoms with E-state index in [0.29, 0.717) is 5.69 Å². The van der Waals surface area contributed by atoms with Gasteiger partial charge in [-0.2, -0.15) is 0 Å². The van der Waals surface area contributed by atoms with E-state index in [-0.39, 0.29) is 0 Å². The highest BCUT2D eigenvalue weighted by molar-refractivity contribution is 5.68. The molecule has 0 radical (unpaired) electrons. The van der Waals surface area contributed by atoms with Gasteiger partial charge in [-0.3, -0.25) is 0 Å². The molecule has 0 saturated carbocycles. The normalized spacial score (nSPS) is 9.92. The molecule has 4 nitrogen and oxygen atoms in total. The van der Waals surface area contributed by atoms with Crippen molar-refractivity contribution in [2.45, 2.75) is 6.92 Å². The largest absolute Gasteiger partial charge is 0.507 e. The Bertz CT molecular complexity index is 272. The van der Waals surface area contributed by atoms with Crippen molar-refractivity contribution in [3.8, 4) is 0 Å². The smallest absolute Gasteiger partial charge is 0.0538 e. The first-order valence-electron chi connectivity index (χ1n) is 3.66. The first kappa shape index (κ1) is 8.83. The molecule has 0 unspecified atom stereocenters. The summed E-state index contributed by atoms with van der Waals surface area (Å²) in [7, 11) is 1.76. The van der Waals surface area contributed by atoms with Crippen LogP contribution in [0.5, 0.6) is 0 Å². The lowest BCUT2D eigenvalue weighted by Gasteiger charge is -2.32. The van der Waals surface area contributed by atoms with E-state index < -0.39 is 0 Å². The van der Waals surface area contributed by atoms with Crippen molar-refractivity contribution in [1.82, 2.24) is 0 Å². The van der Waals surface area contributed by atoms with Gasteiger partial charge in [0.15, 0.2) is 0 Å². The van der Waals surface area contributed by atoms with Gasteiger partial charge in [0.2, 0.25) is 0 Å². The van der Waals surface area contributed by atoms with E-state index >= 15 is 0 Å². The summed E-state index contributed by atoms with van der Waals surface area (Å²) in [5, 5.41) is 1.54. The maximum Gasteiger partial charge on any atom is 0.0538 e. The molecule has 0 bridgehead atoms. The lowest BCUT2D eigenvalue weighted by Crippen LogP contribution is -2.16. The Morgan fingerprint density at radius 2 is 2.08 bits per heavy atom. The first-order valence-corrected chi connectivity index (χ1v) is 3.66. The number of benzene rings is 1. The standard InChI is InChI=1S/C8H13N4/c1-6-3-4-7(9)8(5-6)12(2)11-10/h3-5H,9-10H2,1-2H3/q-1. The summed E-state index contributed by atoms with van der Waals surface area (Å²) >= 11 is 0. The first-order chi connectivity index (χ1) is 5.65. The van der Waals surface area contributed by atoms with E-state index in [4.69, 9.17) is 11.6 Å². The molecule has 1 aromatic rings. The van der Waals surface area contributed by atoms with Crippen LogP contribution in [0.1, 0.15) is 5.56 Å². The minimum absolute atomic E-state index is 0.678. The summed E-state index contributed by atoms with van der Waals surface area (Å²) in [5.74, 6) is 5.12. The van der Waals surface area contributed by atoms with Crippen LogP contribution >= 0.6 is 0 Å². The lowest BCUT2D eigenvalue weighted by molar-refractivity contribution is 1.08. The van der Waals surface area contributed by atoms with Crippen LogP contribution < -0.4 is 16.6 Å². The number of rotatable bonds is 2. The second-order valence-corrected chi connectivity index (χ2v) is 2.70. The summed E-state index contributed by atoms with van der Waals surface area (Å²) in [6, 6.07) is 5.72. The zero-order chi connectivity index (χ0) is 9.14. The van der Waals surface area contributed by atoms with Crippen molar-refractivity contribution in [3.05, 3.63) is 29.3 Å². The fourth-order valence-corrected chi connectivity index (χ4v) is 0.996. The van der Waals surface area contributed by atoms with Crippen LogP contribution in [-0.4, -0.2) is 7.05 Å². The molecule has 4 heteroatoms. The predicted molar refractivity (Wildman–Crippen MR) is 51.5 cm³/mol. The highest BCUT2D eigenvalue weighted by atomic mass is 15.6. The quantitative estimate of drug-likeness (QED) is 0.392. The molecule has 4 N–H and O–H groups in total. The van der Waals surface area contributed by atoms with Crippen LogP contribution in [0.4, 0.5) is 11.4 Å². The van der Waals surface area contributed by atoms with Gasteiger partial charge in [-0.05, 0) is 31.7 Å². The maximum atomic E-state index is 5.71. The average molecular weight is 165 g/mol. The molecule has 0 aliphatic heterocycles. The van der Waals surface area contributed by atoms with Gasteiger partial charge >= 0.3 is 0 Å². The Morgan fingerprint density at radius 1 is 1.42 bits per heavy atom. The summed E-state index contributed by atoms with van der Waals surface area (Å²) in [5.41, 5.74) is 11.9. The van der Waals surface area contributed by atoms with Crippen LogP contribution in [-0.2, 0) is 0 Å². The molecule has 0 spiro atoms.